The number of ether oxygens (including phenoxy) is 4. The summed E-state index contributed by atoms with van der Waals surface area (Å²) in [5.41, 5.74) is 0. The number of nitrogens with one attached hydrogen (secondary N) is 1. The molecule has 0 saturated carbocycles. The van der Waals surface area contributed by atoms with Crippen LogP contribution in [0, 0.1) is 0 Å². The molecule has 2 aliphatic rings. The van der Waals surface area contributed by atoms with Crippen LogP contribution in [0.3, 0.4) is 0 Å². The van der Waals surface area contributed by atoms with E-state index in [4.69, 9.17) is 18.9 Å². The van der Waals surface area contributed by atoms with Crippen molar-refractivity contribution in [3.8, 4) is 0 Å². The van der Waals surface area contributed by atoms with E-state index in [0.717, 1.165) is 44.9 Å². The molecule has 0 bridgehead atoms. The Balaban J connectivity index is 1.46. The van der Waals surface area contributed by atoms with Crippen molar-refractivity contribution in [2.75, 3.05) is 19.8 Å². The number of allylic oxidation sites excluding steroid dienone is 1. The van der Waals surface area contributed by atoms with Crippen LogP contribution in [-0.2, 0) is 23.7 Å². The van der Waals surface area contributed by atoms with Crippen molar-refractivity contribution in [2.24, 2.45) is 0 Å². The second-order valence-electron chi connectivity index (χ2n) is 22.9. The fraction of sp³-hybridized carbons (Fsp3) is 0.952. The minimum absolute atomic E-state index is 0.241. The van der Waals surface area contributed by atoms with Crippen molar-refractivity contribution in [3.63, 3.8) is 0 Å². The number of aliphatic hydroxyl groups excluding tert-OH is 8. The zero-order valence-corrected chi connectivity index (χ0v) is 48.5. The van der Waals surface area contributed by atoms with E-state index in [1.807, 2.05) is 6.08 Å². The topological polar surface area (TPSA) is 228 Å². The predicted molar refractivity (Wildman–Crippen MR) is 305 cm³/mol. The standard InChI is InChI=1S/C62H119NO13/c1-3-5-7-9-10-11-12-13-14-15-16-17-18-19-20-21-22-23-24-25-26-27-28-29-30-31-32-33-34-35-36-37-38-39-40-42-44-46-54(67)63-50(51(66)45-43-41-8-6-4-2)49-73-61-59(72)57(70)60(53(48-65)75-61)76-62-58(71)56(69)55(68)52(47-64)74-62/h43,45,50-53,55-62,64-66,68-72H,3-42,44,46-49H2,1-2H3,(H,63,67)/b45-43+. The predicted octanol–water partition coefficient (Wildman–Crippen LogP) is 11.5. The highest BCUT2D eigenvalue weighted by molar-refractivity contribution is 5.76. The summed E-state index contributed by atoms with van der Waals surface area (Å²) in [5, 5.41) is 86.4. The van der Waals surface area contributed by atoms with E-state index in [0.29, 0.717) is 6.42 Å². The first kappa shape index (κ1) is 70.8. The summed E-state index contributed by atoms with van der Waals surface area (Å²) in [5.74, 6) is -0.241. The minimum Gasteiger partial charge on any atom is -0.394 e. The third-order valence-electron chi connectivity index (χ3n) is 16.0. The Morgan fingerprint density at radius 2 is 0.816 bits per heavy atom. The summed E-state index contributed by atoms with van der Waals surface area (Å²) in [4.78, 5) is 13.1. The molecular weight excluding hydrogens is 967 g/mol. The van der Waals surface area contributed by atoms with E-state index in [1.54, 1.807) is 6.08 Å². The van der Waals surface area contributed by atoms with Crippen molar-refractivity contribution < 1.29 is 64.6 Å². The lowest BCUT2D eigenvalue weighted by atomic mass is 9.97. The zero-order chi connectivity index (χ0) is 55.3. The van der Waals surface area contributed by atoms with Gasteiger partial charge in [-0.05, 0) is 19.3 Å². The lowest BCUT2D eigenvalue weighted by Gasteiger charge is -2.46. The van der Waals surface area contributed by atoms with Gasteiger partial charge in [-0.2, -0.15) is 0 Å². The molecule has 14 heteroatoms. The van der Waals surface area contributed by atoms with Gasteiger partial charge in [0.05, 0.1) is 32.0 Å². The van der Waals surface area contributed by atoms with Crippen molar-refractivity contribution in [1.29, 1.82) is 0 Å². The van der Waals surface area contributed by atoms with Gasteiger partial charge in [-0.1, -0.05) is 270 Å². The summed E-state index contributed by atoms with van der Waals surface area (Å²) >= 11 is 0. The van der Waals surface area contributed by atoms with Gasteiger partial charge in [-0.25, -0.2) is 0 Å². The lowest BCUT2D eigenvalue weighted by molar-refractivity contribution is -0.359. The van der Waals surface area contributed by atoms with E-state index < -0.39 is 86.8 Å². The first-order chi connectivity index (χ1) is 37.1. The molecule has 2 fully saturated rings. The van der Waals surface area contributed by atoms with E-state index in [-0.39, 0.29) is 18.9 Å². The second kappa shape index (κ2) is 48.4. The molecule has 2 aliphatic heterocycles. The highest BCUT2D eigenvalue weighted by atomic mass is 16.7. The number of rotatable bonds is 52. The first-order valence-corrected chi connectivity index (χ1v) is 31.9. The van der Waals surface area contributed by atoms with Crippen LogP contribution in [-0.4, -0.2) is 140 Å². The molecule has 12 unspecified atom stereocenters. The van der Waals surface area contributed by atoms with E-state index in [2.05, 4.69) is 19.2 Å². The molecule has 0 aliphatic carbocycles. The second-order valence-corrected chi connectivity index (χ2v) is 22.9. The van der Waals surface area contributed by atoms with Gasteiger partial charge in [0.2, 0.25) is 5.91 Å². The molecule has 1 amide bonds. The van der Waals surface area contributed by atoms with Crippen molar-refractivity contribution in [2.45, 2.75) is 357 Å². The maximum Gasteiger partial charge on any atom is 0.220 e. The summed E-state index contributed by atoms with van der Waals surface area (Å²) in [6, 6.07) is -0.906. The zero-order valence-electron chi connectivity index (χ0n) is 48.5. The maximum atomic E-state index is 13.1. The molecule has 2 rings (SSSR count). The molecule has 12 atom stereocenters. The number of carbonyl (C=O) groups excluding carboxylic acids is 1. The highest BCUT2D eigenvalue weighted by Crippen LogP contribution is 2.30. The number of hydrogen-bond donors (Lipinski definition) is 9. The Labute approximate surface area is 463 Å². The number of amides is 1. The van der Waals surface area contributed by atoms with Crippen LogP contribution in [0.25, 0.3) is 0 Å². The monoisotopic (exact) mass is 1090 g/mol. The SMILES string of the molecule is CCCCC/C=C/C(O)C(COC1OC(CO)C(OC2OC(CO)C(O)C(O)C2O)C(O)C1O)NC(=O)CCCCCCCCCCCCCCCCCCCCCCCCCCCCCCCCCCCCCCC. The van der Waals surface area contributed by atoms with Crippen LogP contribution in [0.15, 0.2) is 12.2 Å². The molecule has 14 nitrogen and oxygen atoms in total. The van der Waals surface area contributed by atoms with Gasteiger partial charge in [-0.15, -0.1) is 0 Å². The van der Waals surface area contributed by atoms with E-state index in [9.17, 15) is 45.6 Å². The van der Waals surface area contributed by atoms with Gasteiger partial charge >= 0.3 is 0 Å². The average Bonchev–Trinajstić information content (AvgIpc) is 3.42. The van der Waals surface area contributed by atoms with Crippen LogP contribution < -0.4 is 5.32 Å². The molecule has 0 aromatic carbocycles. The van der Waals surface area contributed by atoms with Gasteiger partial charge in [0, 0.05) is 6.42 Å². The fourth-order valence-corrected chi connectivity index (χ4v) is 10.8. The summed E-state index contributed by atoms with van der Waals surface area (Å²) < 4.78 is 22.6. The Hall–Kier alpha value is -1.27. The average molecular weight is 1090 g/mol. The molecule has 450 valence electrons. The smallest absolute Gasteiger partial charge is 0.220 e. The molecule has 2 heterocycles. The summed E-state index contributed by atoms with van der Waals surface area (Å²) in [6.45, 7) is 2.70. The van der Waals surface area contributed by atoms with Crippen LogP contribution in [0.2, 0.25) is 0 Å². The maximum absolute atomic E-state index is 13.1. The van der Waals surface area contributed by atoms with E-state index in [1.165, 1.54) is 212 Å². The largest absolute Gasteiger partial charge is 0.394 e. The molecule has 76 heavy (non-hydrogen) atoms. The summed E-state index contributed by atoms with van der Waals surface area (Å²) in [6.07, 6.45) is 41.0. The van der Waals surface area contributed by atoms with Crippen molar-refractivity contribution in [3.05, 3.63) is 12.2 Å². The molecule has 0 aromatic rings. The van der Waals surface area contributed by atoms with Gasteiger partial charge in [0.1, 0.15) is 48.8 Å². The number of carbonyl (C=O) groups is 1. The van der Waals surface area contributed by atoms with Crippen LogP contribution in [0.5, 0.6) is 0 Å². The van der Waals surface area contributed by atoms with E-state index >= 15 is 0 Å². The Bertz CT molecular complexity index is 1330. The number of hydrogen-bond acceptors (Lipinski definition) is 13. The molecule has 9 N–H and O–H groups in total. The summed E-state index contributed by atoms with van der Waals surface area (Å²) in [7, 11) is 0. The minimum atomic E-state index is -1.78. The van der Waals surface area contributed by atoms with Gasteiger partial charge in [-0.3, -0.25) is 4.79 Å². The molecule has 2 saturated heterocycles. The lowest BCUT2D eigenvalue weighted by Crippen LogP contribution is -2.65. The fourth-order valence-electron chi connectivity index (χ4n) is 10.8. The van der Waals surface area contributed by atoms with Crippen LogP contribution in [0.4, 0.5) is 0 Å². The van der Waals surface area contributed by atoms with Crippen molar-refractivity contribution in [1.82, 2.24) is 5.32 Å². The van der Waals surface area contributed by atoms with Gasteiger partial charge < -0.3 is 65.1 Å². The molecular formula is C62H119NO13. The molecule has 0 radical (unpaired) electrons. The van der Waals surface area contributed by atoms with Gasteiger partial charge in [0.15, 0.2) is 12.6 Å². The molecule has 0 spiro atoms. The Morgan fingerprint density at radius 1 is 0.461 bits per heavy atom. The first-order valence-electron chi connectivity index (χ1n) is 31.9. The number of unbranched alkanes of at least 4 members (excludes halogenated alkanes) is 39. The third-order valence-corrected chi connectivity index (χ3v) is 16.0. The quantitative estimate of drug-likeness (QED) is 0.0204. The van der Waals surface area contributed by atoms with Gasteiger partial charge in [0.25, 0.3) is 0 Å². The van der Waals surface area contributed by atoms with Crippen molar-refractivity contribution >= 4 is 5.91 Å². The Morgan fingerprint density at radius 3 is 1.21 bits per heavy atom. The Kier molecular flexibility index (Phi) is 45.1. The number of aliphatic hydroxyl groups is 8. The van der Waals surface area contributed by atoms with Crippen LogP contribution in [0.1, 0.15) is 284 Å². The third kappa shape index (κ3) is 33.5. The highest BCUT2D eigenvalue weighted by Gasteiger charge is 2.51. The van der Waals surface area contributed by atoms with Crippen LogP contribution >= 0.6 is 0 Å². The molecule has 0 aromatic heterocycles. The normalized spacial score (nSPS) is 24.9.